The number of amides is 4. The highest BCUT2D eigenvalue weighted by atomic mass is 16.2. The molecule has 4 amide bonds. The molecule has 0 bridgehead atoms. The summed E-state index contributed by atoms with van der Waals surface area (Å²) in [5.41, 5.74) is 10.8. The first-order valence-corrected chi connectivity index (χ1v) is 13.5. The quantitative estimate of drug-likeness (QED) is 0.280. The molecule has 3 heterocycles. The number of hydrogen-bond acceptors (Lipinski definition) is 7. The Morgan fingerprint density at radius 1 is 0.929 bits per heavy atom. The lowest BCUT2D eigenvalue weighted by atomic mass is 10.1. The number of aromatic nitrogens is 2. The van der Waals surface area contributed by atoms with E-state index in [2.05, 4.69) is 20.6 Å². The molecule has 11 nitrogen and oxygen atoms in total. The molecule has 0 spiro atoms. The molecule has 0 atom stereocenters. The molecule has 1 aliphatic heterocycles. The number of nitrogens with zero attached hydrogens (tertiary/aromatic N) is 5. The van der Waals surface area contributed by atoms with Crippen molar-refractivity contribution in [1.82, 2.24) is 19.8 Å². The van der Waals surface area contributed by atoms with Gasteiger partial charge in [-0.1, -0.05) is 24.3 Å². The van der Waals surface area contributed by atoms with E-state index in [1.165, 1.54) is 0 Å². The smallest absolute Gasteiger partial charge is 0.324 e. The normalized spacial score (nSPS) is 12.8. The van der Waals surface area contributed by atoms with E-state index in [9.17, 15) is 14.4 Å². The van der Waals surface area contributed by atoms with Gasteiger partial charge < -0.3 is 26.2 Å². The summed E-state index contributed by atoms with van der Waals surface area (Å²) in [7, 11) is 3.45. The van der Waals surface area contributed by atoms with Crippen molar-refractivity contribution in [1.29, 1.82) is 0 Å². The van der Waals surface area contributed by atoms with Crippen LogP contribution < -0.4 is 21.3 Å². The van der Waals surface area contributed by atoms with Crippen molar-refractivity contribution >= 4 is 40.7 Å². The van der Waals surface area contributed by atoms with Gasteiger partial charge in [0.25, 0.3) is 5.91 Å². The van der Waals surface area contributed by atoms with E-state index in [4.69, 9.17) is 5.73 Å². The molecule has 0 aliphatic carbocycles. The van der Waals surface area contributed by atoms with Gasteiger partial charge in [0.1, 0.15) is 5.82 Å². The molecule has 0 saturated carbocycles. The molecule has 1 saturated heterocycles. The van der Waals surface area contributed by atoms with Crippen LogP contribution in [0.5, 0.6) is 0 Å². The van der Waals surface area contributed by atoms with Crippen molar-refractivity contribution < 1.29 is 14.4 Å². The van der Waals surface area contributed by atoms with Gasteiger partial charge in [-0.05, 0) is 53.6 Å². The molecule has 42 heavy (non-hydrogen) atoms. The highest BCUT2D eigenvalue weighted by Gasteiger charge is 2.30. The van der Waals surface area contributed by atoms with Gasteiger partial charge in [0, 0.05) is 56.7 Å². The van der Waals surface area contributed by atoms with Crippen LogP contribution in [0.1, 0.15) is 15.9 Å². The number of nitrogens with two attached hydrogens (primary N) is 1. The van der Waals surface area contributed by atoms with E-state index in [-0.39, 0.29) is 24.4 Å². The standard InChI is InChI=1S/C31H32N8O3/c1-37(2)30(41)23-8-6-22(7-9-23)24-10-11-28(34-17-24)35-26-15-27(19-33-18-26)39-13-12-38(31(39)42)20-21-4-3-5-25(14-21)36-29(40)16-32/h3-11,14-15,17-19H,12-13,16,20,32H2,1-2H3,(H,34,35)(H,36,40). The summed E-state index contributed by atoms with van der Waals surface area (Å²) in [6, 6.07) is 20.4. The Morgan fingerprint density at radius 3 is 2.43 bits per heavy atom. The van der Waals surface area contributed by atoms with Gasteiger partial charge in [-0.15, -0.1) is 0 Å². The minimum absolute atomic E-state index is 0.0430. The largest absolute Gasteiger partial charge is 0.345 e. The third-order valence-electron chi connectivity index (χ3n) is 6.81. The molecule has 0 unspecified atom stereocenters. The Balaban J connectivity index is 1.22. The molecule has 0 radical (unpaired) electrons. The van der Waals surface area contributed by atoms with Crippen molar-refractivity contribution in [2.75, 3.05) is 49.3 Å². The van der Waals surface area contributed by atoms with Crippen molar-refractivity contribution in [2.24, 2.45) is 5.73 Å². The van der Waals surface area contributed by atoms with Gasteiger partial charge in [-0.25, -0.2) is 9.78 Å². The number of nitrogens with one attached hydrogen (secondary N) is 2. The average Bonchev–Trinajstić information content (AvgIpc) is 3.36. The molecule has 2 aromatic carbocycles. The number of urea groups is 1. The van der Waals surface area contributed by atoms with Crippen LogP contribution in [0.4, 0.5) is 27.7 Å². The molecule has 11 heteroatoms. The average molecular weight is 565 g/mol. The number of benzene rings is 2. The van der Waals surface area contributed by atoms with Crippen LogP contribution in [-0.4, -0.2) is 71.3 Å². The molecular formula is C31H32N8O3. The zero-order valence-electron chi connectivity index (χ0n) is 23.4. The predicted molar refractivity (Wildman–Crippen MR) is 162 cm³/mol. The molecule has 2 aromatic heterocycles. The molecule has 5 rings (SSSR count). The van der Waals surface area contributed by atoms with Crippen LogP contribution in [0.15, 0.2) is 85.3 Å². The Labute approximate surface area is 244 Å². The first-order chi connectivity index (χ1) is 20.3. The van der Waals surface area contributed by atoms with Crippen LogP contribution in [0.2, 0.25) is 0 Å². The Morgan fingerprint density at radius 2 is 1.71 bits per heavy atom. The Bertz CT molecular complexity index is 1590. The molecule has 1 fully saturated rings. The maximum atomic E-state index is 13.2. The Hall–Kier alpha value is -5.29. The second-order valence-corrected chi connectivity index (χ2v) is 10.1. The molecule has 214 valence electrons. The molecular weight excluding hydrogens is 532 g/mol. The van der Waals surface area contributed by atoms with Crippen LogP contribution in [0.3, 0.4) is 0 Å². The third-order valence-corrected chi connectivity index (χ3v) is 6.81. The number of carbonyl (C=O) groups excluding carboxylic acids is 3. The lowest BCUT2D eigenvalue weighted by molar-refractivity contribution is -0.114. The molecule has 1 aliphatic rings. The lowest BCUT2D eigenvalue weighted by Crippen LogP contribution is -2.31. The fourth-order valence-electron chi connectivity index (χ4n) is 4.64. The summed E-state index contributed by atoms with van der Waals surface area (Å²) in [5.74, 6) is 0.318. The Kier molecular flexibility index (Phi) is 8.39. The summed E-state index contributed by atoms with van der Waals surface area (Å²) >= 11 is 0. The van der Waals surface area contributed by atoms with Crippen molar-refractivity contribution in [3.63, 3.8) is 0 Å². The van der Waals surface area contributed by atoms with Gasteiger partial charge in [-0.3, -0.25) is 19.5 Å². The summed E-state index contributed by atoms with van der Waals surface area (Å²) in [6.07, 6.45) is 5.11. The third kappa shape index (κ3) is 6.53. The van der Waals surface area contributed by atoms with Crippen LogP contribution in [-0.2, 0) is 11.3 Å². The van der Waals surface area contributed by atoms with E-state index in [1.807, 2.05) is 60.7 Å². The fraction of sp³-hybridized carbons (Fsp3) is 0.194. The number of anilines is 4. The number of rotatable bonds is 9. The van der Waals surface area contributed by atoms with E-state index in [1.54, 1.807) is 53.5 Å². The van der Waals surface area contributed by atoms with Crippen LogP contribution in [0, 0.1) is 0 Å². The van der Waals surface area contributed by atoms with E-state index >= 15 is 0 Å². The first-order valence-electron chi connectivity index (χ1n) is 13.5. The van der Waals surface area contributed by atoms with Crippen molar-refractivity contribution in [3.05, 3.63) is 96.4 Å². The second-order valence-electron chi connectivity index (χ2n) is 10.1. The maximum Gasteiger partial charge on any atom is 0.324 e. The lowest BCUT2D eigenvalue weighted by Gasteiger charge is -2.19. The fourth-order valence-corrected chi connectivity index (χ4v) is 4.64. The van der Waals surface area contributed by atoms with Gasteiger partial charge in [0.15, 0.2) is 0 Å². The van der Waals surface area contributed by atoms with Gasteiger partial charge in [0.05, 0.1) is 30.3 Å². The number of carbonyl (C=O) groups is 3. The minimum atomic E-state index is -0.271. The summed E-state index contributed by atoms with van der Waals surface area (Å²) in [6.45, 7) is 1.41. The molecule has 4 N–H and O–H groups in total. The van der Waals surface area contributed by atoms with E-state index in [0.717, 1.165) is 16.7 Å². The SMILES string of the molecule is CN(C)C(=O)c1ccc(-c2ccc(Nc3cncc(N4CCN(Cc5cccc(NC(=O)CN)c5)C4=O)c3)nc2)cc1. The monoisotopic (exact) mass is 564 g/mol. The van der Waals surface area contributed by atoms with Crippen molar-refractivity contribution in [2.45, 2.75) is 6.54 Å². The van der Waals surface area contributed by atoms with E-state index in [0.29, 0.717) is 48.1 Å². The van der Waals surface area contributed by atoms with Crippen molar-refractivity contribution in [3.8, 4) is 11.1 Å². The van der Waals surface area contributed by atoms with Gasteiger partial charge in [-0.2, -0.15) is 0 Å². The number of hydrogen-bond donors (Lipinski definition) is 3. The van der Waals surface area contributed by atoms with Gasteiger partial charge in [0.2, 0.25) is 5.91 Å². The zero-order valence-corrected chi connectivity index (χ0v) is 23.4. The summed E-state index contributed by atoms with van der Waals surface area (Å²) < 4.78 is 0. The predicted octanol–water partition coefficient (Wildman–Crippen LogP) is 3.93. The highest BCUT2D eigenvalue weighted by Crippen LogP contribution is 2.26. The van der Waals surface area contributed by atoms with Gasteiger partial charge >= 0.3 is 6.03 Å². The second kappa shape index (κ2) is 12.5. The zero-order chi connectivity index (χ0) is 29.6. The van der Waals surface area contributed by atoms with Crippen LogP contribution >= 0.6 is 0 Å². The maximum absolute atomic E-state index is 13.2. The van der Waals surface area contributed by atoms with E-state index < -0.39 is 0 Å². The summed E-state index contributed by atoms with van der Waals surface area (Å²) in [5, 5.41) is 6.00. The molecule has 4 aromatic rings. The highest BCUT2D eigenvalue weighted by molar-refractivity contribution is 5.95. The topological polar surface area (TPSA) is 137 Å². The first kappa shape index (κ1) is 28.2. The number of pyridine rings is 2. The minimum Gasteiger partial charge on any atom is -0.345 e. The summed E-state index contributed by atoms with van der Waals surface area (Å²) in [4.78, 5) is 50.9. The van der Waals surface area contributed by atoms with Crippen LogP contribution in [0.25, 0.3) is 11.1 Å².